The summed E-state index contributed by atoms with van der Waals surface area (Å²) < 4.78 is 32.4. The van der Waals surface area contributed by atoms with E-state index in [-0.39, 0.29) is 22.2 Å². The average Bonchev–Trinajstić information content (AvgIpc) is 2.37. The van der Waals surface area contributed by atoms with E-state index in [2.05, 4.69) is 20.7 Å². The first kappa shape index (κ1) is 18.7. The number of sulfonamides is 1. The molecule has 0 atom stereocenters. The number of halogens is 2. The number of benzene rings is 1. The number of ether oxygens (including phenoxy) is 1. The molecule has 1 rings (SSSR count). The van der Waals surface area contributed by atoms with Gasteiger partial charge in [-0.15, -0.1) is 0 Å². The molecular formula is C12H19BrClN3O3S. The van der Waals surface area contributed by atoms with Crippen molar-refractivity contribution in [1.29, 1.82) is 0 Å². The molecule has 9 heteroatoms. The zero-order chi connectivity index (χ0) is 16.0. The number of rotatable bonds is 8. The highest BCUT2D eigenvalue weighted by Gasteiger charge is 2.19. The monoisotopic (exact) mass is 399 g/mol. The lowest BCUT2D eigenvalue weighted by Gasteiger charge is -2.12. The van der Waals surface area contributed by atoms with Crippen molar-refractivity contribution in [3.8, 4) is 0 Å². The normalized spacial score (nSPS) is 12.0. The Labute approximate surface area is 138 Å². The lowest BCUT2D eigenvalue weighted by Crippen LogP contribution is -2.29. The number of nitrogen functional groups attached to an aromatic ring is 1. The Balaban J connectivity index is 2.59. The third-order valence-corrected chi connectivity index (χ3v) is 5.39. The Kier molecular flexibility index (Phi) is 7.38. The molecule has 0 radical (unpaired) electrons. The number of nitrogens with zero attached hydrogens (tertiary/aromatic N) is 1. The van der Waals surface area contributed by atoms with E-state index in [9.17, 15) is 8.42 Å². The molecule has 0 aliphatic heterocycles. The van der Waals surface area contributed by atoms with Crippen molar-refractivity contribution in [2.45, 2.75) is 4.90 Å². The second kappa shape index (κ2) is 8.30. The van der Waals surface area contributed by atoms with Gasteiger partial charge in [-0.25, -0.2) is 13.1 Å². The van der Waals surface area contributed by atoms with Crippen LogP contribution in [-0.4, -0.2) is 53.7 Å². The first-order chi connectivity index (χ1) is 9.74. The summed E-state index contributed by atoms with van der Waals surface area (Å²) in [5, 5.41) is 0.262. The predicted octanol–water partition coefficient (Wildman–Crippen LogP) is 1.54. The van der Waals surface area contributed by atoms with E-state index in [1.807, 2.05) is 19.0 Å². The zero-order valence-electron chi connectivity index (χ0n) is 11.9. The molecule has 21 heavy (non-hydrogen) atoms. The van der Waals surface area contributed by atoms with Gasteiger partial charge >= 0.3 is 0 Å². The highest BCUT2D eigenvalue weighted by atomic mass is 79.9. The van der Waals surface area contributed by atoms with Gasteiger partial charge in [-0.05, 0) is 42.2 Å². The van der Waals surface area contributed by atoms with Crippen molar-refractivity contribution in [2.24, 2.45) is 0 Å². The fourth-order valence-electron chi connectivity index (χ4n) is 1.46. The summed E-state index contributed by atoms with van der Waals surface area (Å²) in [5.74, 6) is 0. The molecule has 0 saturated carbocycles. The van der Waals surface area contributed by atoms with Crippen LogP contribution in [0.2, 0.25) is 5.02 Å². The van der Waals surface area contributed by atoms with Crippen molar-refractivity contribution in [2.75, 3.05) is 46.1 Å². The lowest BCUT2D eigenvalue weighted by atomic mass is 10.3. The van der Waals surface area contributed by atoms with Gasteiger partial charge in [0.1, 0.15) is 0 Å². The van der Waals surface area contributed by atoms with Gasteiger partial charge in [0.15, 0.2) is 0 Å². The Morgan fingerprint density at radius 2 is 2.05 bits per heavy atom. The number of nitrogens with one attached hydrogen (secondary N) is 1. The maximum Gasteiger partial charge on any atom is 0.241 e. The summed E-state index contributed by atoms with van der Waals surface area (Å²) >= 11 is 9.00. The van der Waals surface area contributed by atoms with Crippen LogP contribution in [0.1, 0.15) is 0 Å². The minimum absolute atomic E-state index is 0.0146. The molecule has 0 bridgehead atoms. The van der Waals surface area contributed by atoms with Crippen LogP contribution in [0.4, 0.5) is 5.69 Å². The van der Waals surface area contributed by atoms with Crippen molar-refractivity contribution < 1.29 is 13.2 Å². The molecule has 0 aromatic heterocycles. The minimum atomic E-state index is -3.69. The fourth-order valence-corrected chi connectivity index (χ4v) is 3.76. The van der Waals surface area contributed by atoms with Crippen LogP contribution in [0.15, 0.2) is 21.5 Å². The van der Waals surface area contributed by atoms with Crippen LogP contribution in [-0.2, 0) is 14.8 Å². The van der Waals surface area contributed by atoms with Crippen LogP contribution in [0.25, 0.3) is 0 Å². The molecule has 0 aliphatic rings. The zero-order valence-corrected chi connectivity index (χ0v) is 15.1. The van der Waals surface area contributed by atoms with Gasteiger partial charge in [-0.3, -0.25) is 0 Å². The molecule has 0 amide bonds. The van der Waals surface area contributed by atoms with Gasteiger partial charge in [0.05, 0.1) is 22.6 Å². The number of likely N-dealkylation sites (N-methyl/N-ethyl adjacent to an activating group) is 1. The van der Waals surface area contributed by atoms with E-state index in [0.29, 0.717) is 17.7 Å². The molecular weight excluding hydrogens is 382 g/mol. The molecule has 0 saturated heterocycles. The van der Waals surface area contributed by atoms with Gasteiger partial charge in [-0.2, -0.15) is 0 Å². The van der Waals surface area contributed by atoms with Crippen LogP contribution < -0.4 is 10.5 Å². The summed E-state index contributed by atoms with van der Waals surface area (Å²) in [5.41, 5.74) is 5.96. The summed E-state index contributed by atoms with van der Waals surface area (Å²) in [4.78, 5) is 2.00. The van der Waals surface area contributed by atoms with Crippen molar-refractivity contribution >= 4 is 43.2 Å². The highest BCUT2D eigenvalue weighted by molar-refractivity contribution is 9.10. The molecule has 0 fully saturated rings. The number of anilines is 1. The third-order valence-electron chi connectivity index (χ3n) is 2.54. The molecule has 6 nitrogen and oxygen atoms in total. The molecule has 0 spiro atoms. The lowest BCUT2D eigenvalue weighted by molar-refractivity contribution is 0.122. The smallest absolute Gasteiger partial charge is 0.241 e. The van der Waals surface area contributed by atoms with Crippen LogP contribution >= 0.6 is 27.5 Å². The van der Waals surface area contributed by atoms with Gasteiger partial charge < -0.3 is 15.4 Å². The minimum Gasteiger partial charge on any atom is -0.398 e. The number of hydrogen-bond donors (Lipinski definition) is 2. The predicted molar refractivity (Wildman–Crippen MR) is 88.1 cm³/mol. The Hall–Kier alpha value is -0.380. The van der Waals surface area contributed by atoms with Crippen molar-refractivity contribution in [3.63, 3.8) is 0 Å². The third kappa shape index (κ3) is 6.09. The van der Waals surface area contributed by atoms with Crippen LogP contribution in [0.3, 0.4) is 0 Å². The standard InChI is InChI=1S/C12H19BrClN3O3S/c1-17(2)4-6-20-5-3-16-21(18,19)11-8-9(14)7-10(15)12(11)13/h7-8,16H,3-6,15H2,1-2H3. The topological polar surface area (TPSA) is 84.7 Å². The van der Waals surface area contributed by atoms with Gasteiger partial charge in [0, 0.05) is 23.8 Å². The van der Waals surface area contributed by atoms with Gasteiger partial charge in [-0.1, -0.05) is 11.6 Å². The summed E-state index contributed by atoms with van der Waals surface area (Å²) in [6.45, 7) is 1.79. The molecule has 1 aromatic rings. The number of nitrogens with two attached hydrogens (primary N) is 1. The molecule has 120 valence electrons. The van der Waals surface area contributed by atoms with Gasteiger partial charge in [0.2, 0.25) is 10.0 Å². The first-order valence-corrected chi connectivity index (χ1v) is 8.86. The Morgan fingerprint density at radius 1 is 1.38 bits per heavy atom. The van der Waals surface area contributed by atoms with Crippen LogP contribution in [0, 0.1) is 0 Å². The largest absolute Gasteiger partial charge is 0.398 e. The van der Waals surface area contributed by atoms with E-state index in [4.69, 9.17) is 22.1 Å². The highest BCUT2D eigenvalue weighted by Crippen LogP contribution is 2.31. The van der Waals surface area contributed by atoms with Crippen LogP contribution in [0.5, 0.6) is 0 Å². The van der Waals surface area contributed by atoms with Crippen molar-refractivity contribution in [1.82, 2.24) is 9.62 Å². The van der Waals surface area contributed by atoms with E-state index >= 15 is 0 Å². The molecule has 0 unspecified atom stereocenters. The summed E-state index contributed by atoms with van der Waals surface area (Å²) in [7, 11) is 0.184. The van der Waals surface area contributed by atoms with Gasteiger partial charge in [0.25, 0.3) is 0 Å². The van der Waals surface area contributed by atoms with E-state index < -0.39 is 10.0 Å². The van der Waals surface area contributed by atoms with Crippen molar-refractivity contribution in [3.05, 3.63) is 21.6 Å². The average molecular weight is 401 g/mol. The summed E-state index contributed by atoms with van der Waals surface area (Å²) in [6, 6.07) is 2.83. The second-order valence-electron chi connectivity index (χ2n) is 4.62. The molecule has 0 heterocycles. The number of hydrogen-bond acceptors (Lipinski definition) is 5. The SMILES string of the molecule is CN(C)CCOCCNS(=O)(=O)c1cc(Cl)cc(N)c1Br. The van der Waals surface area contributed by atoms with E-state index in [0.717, 1.165) is 6.54 Å². The Bertz CT molecular complexity index is 581. The quantitative estimate of drug-likeness (QED) is 0.511. The second-order valence-corrected chi connectivity index (χ2v) is 7.59. The van der Waals surface area contributed by atoms with E-state index in [1.54, 1.807) is 0 Å². The molecule has 0 aliphatic carbocycles. The maximum absolute atomic E-state index is 12.2. The molecule has 1 aromatic carbocycles. The summed E-state index contributed by atoms with van der Waals surface area (Å²) in [6.07, 6.45) is 0. The van der Waals surface area contributed by atoms with E-state index in [1.165, 1.54) is 12.1 Å². The maximum atomic E-state index is 12.2. The fraction of sp³-hybridized carbons (Fsp3) is 0.500. The Morgan fingerprint density at radius 3 is 2.67 bits per heavy atom. The first-order valence-electron chi connectivity index (χ1n) is 6.20. The molecule has 3 N–H and O–H groups in total.